The lowest BCUT2D eigenvalue weighted by Gasteiger charge is -2.30. The molecule has 1 N–H and O–H groups in total. The molecule has 1 rings (SSSR count). The van der Waals surface area contributed by atoms with Gasteiger partial charge in [-0.2, -0.15) is 0 Å². The molecule has 0 saturated carbocycles. The summed E-state index contributed by atoms with van der Waals surface area (Å²) in [5, 5.41) is 3.65. The van der Waals surface area contributed by atoms with Crippen LogP contribution in [0.4, 0.5) is 0 Å². The molecule has 0 saturated heterocycles. The number of hydrogen-bond acceptors (Lipinski definition) is 2. The van der Waals surface area contributed by atoms with Crippen LogP contribution in [-0.4, -0.2) is 38.1 Å². The molecule has 1 aromatic carbocycles. The Morgan fingerprint density at radius 2 is 1.79 bits per heavy atom. The Labute approximate surface area is 126 Å². The maximum Gasteiger partial charge on any atom is 0.0175 e. The molecular formula is C16H27BrN2. The fourth-order valence-electron chi connectivity index (χ4n) is 2.41. The van der Waals surface area contributed by atoms with Crippen LogP contribution < -0.4 is 5.32 Å². The van der Waals surface area contributed by atoms with Crippen LogP contribution in [-0.2, 0) is 6.42 Å². The molecule has 0 heterocycles. The first-order valence-corrected chi connectivity index (χ1v) is 7.70. The highest BCUT2D eigenvalue weighted by molar-refractivity contribution is 9.10. The smallest absolute Gasteiger partial charge is 0.0175 e. The maximum absolute atomic E-state index is 3.65. The van der Waals surface area contributed by atoms with Crippen molar-refractivity contribution in [3.63, 3.8) is 0 Å². The Morgan fingerprint density at radius 3 is 2.32 bits per heavy atom. The van der Waals surface area contributed by atoms with Crippen molar-refractivity contribution in [3.8, 4) is 0 Å². The molecule has 19 heavy (non-hydrogen) atoms. The second-order valence-electron chi connectivity index (χ2n) is 6.51. The van der Waals surface area contributed by atoms with Crippen molar-refractivity contribution in [3.05, 3.63) is 34.3 Å². The van der Waals surface area contributed by atoms with Gasteiger partial charge in [0.25, 0.3) is 0 Å². The quantitative estimate of drug-likeness (QED) is 0.824. The Kier molecular flexibility index (Phi) is 6.51. The van der Waals surface area contributed by atoms with E-state index in [9.17, 15) is 0 Å². The van der Waals surface area contributed by atoms with Crippen LogP contribution in [0.3, 0.4) is 0 Å². The summed E-state index contributed by atoms with van der Waals surface area (Å²) < 4.78 is 1.14. The Hall–Kier alpha value is -0.380. The Bertz CT molecular complexity index is 371. The molecular weight excluding hydrogens is 300 g/mol. The maximum atomic E-state index is 3.65. The van der Waals surface area contributed by atoms with Crippen molar-refractivity contribution in [2.24, 2.45) is 5.41 Å². The van der Waals surface area contributed by atoms with Crippen molar-refractivity contribution in [2.75, 3.05) is 27.2 Å². The lowest BCUT2D eigenvalue weighted by atomic mass is 9.92. The van der Waals surface area contributed by atoms with Crippen LogP contribution in [0.1, 0.15) is 26.3 Å². The first-order chi connectivity index (χ1) is 8.78. The van der Waals surface area contributed by atoms with Gasteiger partial charge in [0, 0.05) is 23.6 Å². The molecule has 0 bridgehead atoms. The molecule has 0 spiro atoms. The van der Waals surface area contributed by atoms with Gasteiger partial charge in [-0.25, -0.2) is 0 Å². The second kappa shape index (κ2) is 7.41. The summed E-state index contributed by atoms with van der Waals surface area (Å²) in [6.45, 7) is 9.03. The van der Waals surface area contributed by atoms with Gasteiger partial charge >= 0.3 is 0 Å². The van der Waals surface area contributed by atoms with E-state index in [0.29, 0.717) is 11.5 Å². The van der Waals surface area contributed by atoms with Crippen LogP contribution in [0.15, 0.2) is 28.7 Å². The topological polar surface area (TPSA) is 15.3 Å². The van der Waals surface area contributed by atoms with Crippen molar-refractivity contribution in [1.29, 1.82) is 0 Å². The molecule has 1 unspecified atom stereocenters. The first kappa shape index (κ1) is 16.7. The molecule has 0 aliphatic heterocycles. The summed E-state index contributed by atoms with van der Waals surface area (Å²) in [4.78, 5) is 2.25. The first-order valence-electron chi connectivity index (χ1n) is 6.91. The standard InChI is InChI=1S/C16H27BrN2/c1-13(10-14-6-8-15(17)9-7-14)18-11-16(2,3)12-19(4)5/h6-9,13,18H,10-12H2,1-5H3. The zero-order valence-electron chi connectivity index (χ0n) is 12.8. The average molecular weight is 327 g/mol. The summed E-state index contributed by atoms with van der Waals surface area (Å²) in [6.07, 6.45) is 1.07. The van der Waals surface area contributed by atoms with Crippen LogP contribution in [0.25, 0.3) is 0 Å². The van der Waals surface area contributed by atoms with Crippen LogP contribution in [0.2, 0.25) is 0 Å². The molecule has 0 aromatic heterocycles. The lowest BCUT2D eigenvalue weighted by Crippen LogP contribution is -2.41. The Morgan fingerprint density at radius 1 is 1.21 bits per heavy atom. The van der Waals surface area contributed by atoms with E-state index in [-0.39, 0.29) is 0 Å². The second-order valence-corrected chi connectivity index (χ2v) is 7.43. The van der Waals surface area contributed by atoms with Gasteiger partial charge in [-0.15, -0.1) is 0 Å². The van der Waals surface area contributed by atoms with Gasteiger partial charge in [0.1, 0.15) is 0 Å². The predicted molar refractivity (Wildman–Crippen MR) is 87.6 cm³/mol. The largest absolute Gasteiger partial charge is 0.313 e. The summed E-state index contributed by atoms with van der Waals surface area (Å²) in [5.74, 6) is 0. The highest BCUT2D eigenvalue weighted by atomic mass is 79.9. The minimum Gasteiger partial charge on any atom is -0.313 e. The molecule has 3 heteroatoms. The molecule has 1 atom stereocenters. The molecule has 0 amide bonds. The molecule has 2 nitrogen and oxygen atoms in total. The van der Waals surface area contributed by atoms with Crippen molar-refractivity contribution in [2.45, 2.75) is 33.2 Å². The minimum absolute atomic E-state index is 0.303. The van der Waals surface area contributed by atoms with Gasteiger partial charge in [0.05, 0.1) is 0 Å². The lowest BCUT2D eigenvalue weighted by molar-refractivity contribution is 0.226. The van der Waals surface area contributed by atoms with Crippen molar-refractivity contribution >= 4 is 15.9 Å². The molecule has 0 aliphatic carbocycles. The number of halogens is 1. The third-order valence-corrected chi connectivity index (χ3v) is 3.66. The predicted octanol–water partition coefficient (Wildman–Crippen LogP) is 3.56. The normalized spacial score (nSPS) is 13.8. The zero-order valence-corrected chi connectivity index (χ0v) is 14.4. The van der Waals surface area contributed by atoms with E-state index >= 15 is 0 Å². The SMILES string of the molecule is CC(Cc1ccc(Br)cc1)NCC(C)(C)CN(C)C. The van der Waals surface area contributed by atoms with Gasteiger partial charge < -0.3 is 10.2 Å². The third kappa shape index (κ3) is 7.09. The average Bonchev–Trinajstić information content (AvgIpc) is 2.28. The minimum atomic E-state index is 0.303. The molecule has 0 aliphatic rings. The third-order valence-electron chi connectivity index (χ3n) is 3.13. The molecule has 1 aromatic rings. The van der Waals surface area contributed by atoms with Gasteiger partial charge in [0.2, 0.25) is 0 Å². The van der Waals surface area contributed by atoms with Gasteiger partial charge in [0.15, 0.2) is 0 Å². The molecule has 0 fully saturated rings. The van der Waals surface area contributed by atoms with E-state index in [1.54, 1.807) is 0 Å². The fraction of sp³-hybridized carbons (Fsp3) is 0.625. The number of benzene rings is 1. The molecule has 0 radical (unpaired) electrons. The summed E-state index contributed by atoms with van der Waals surface area (Å²) in [5.41, 5.74) is 1.69. The van der Waals surface area contributed by atoms with Gasteiger partial charge in [-0.05, 0) is 50.6 Å². The highest BCUT2D eigenvalue weighted by Crippen LogP contribution is 2.15. The monoisotopic (exact) mass is 326 g/mol. The van der Waals surface area contributed by atoms with Crippen molar-refractivity contribution < 1.29 is 0 Å². The summed E-state index contributed by atoms with van der Waals surface area (Å²) in [7, 11) is 4.26. The summed E-state index contributed by atoms with van der Waals surface area (Å²) in [6, 6.07) is 9.10. The van der Waals surface area contributed by atoms with Crippen LogP contribution in [0.5, 0.6) is 0 Å². The zero-order chi connectivity index (χ0) is 14.5. The number of hydrogen-bond donors (Lipinski definition) is 1. The van der Waals surface area contributed by atoms with E-state index in [1.807, 2.05) is 0 Å². The van der Waals surface area contributed by atoms with Crippen LogP contribution >= 0.6 is 15.9 Å². The number of nitrogens with zero attached hydrogens (tertiary/aromatic N) is 1. The Balaban J connectivity index is 2.39. The van der Waals surface area contributed by atoms with E-state index in [2.05, 4.69) is 85.3 Å². The van der Waals surface area contributed by atoms with E-state index < -0.39 is 0 Å². The van der Waals surface area contributed by atoms with Crippen LogP contribution in [0, 0.1) is 5.41 Å². The van der Waals surface area contributed by atoms with Gasteiger partial charge in [-0.1, -0.05) is 41.9 Å². The fourth-order valence-corrected chi connectivity index (χ4v) is 2.67. The van der Waals surface area contributed by atoms with Gasteiger partial charge in [-0.3, -0.25) is 0 Å². The van der Waals surface area contributed by atoms with E-state index in [4.69, 9.17) is 0 Å². The van der Waals surface area contributed by atoms with E-state index in [1.165, 1.54) is 5.56 Å². The van der Waals surface area contributed by atoms with E-state index in [0.717, 1.165) is 24.0 Å². The number of rotatable bonds is 7. The number of nitrogens with one attached hydrogen (secondary N) is 1. The highest BCUT2D eigenvalue weighted by Gasteiger charge is 2.19. The molecule has 108 valence electrons. The summed E-state index contributed by atoms with van der Waals surface area (Å²) >= 11 is 3.47. The van der Waals surface area contributed by atoms with Crippen molar-refractivity contribution in [1.82, 2.24) is 10.2 Å².